The lowest BCUT2D eigenvalue weighted by atomic mass is 10.0. The quantitative estimate of drug-likeness (QED) is 0.857. The molecule has 2 heterocycles. The SMILES string of the molecule is CN(C)c1ccc2c(c1)C1(OCCCO1)C(=O)N2CC1CC1. The van der Waals surface area contributed by atoms with Gasteiger partial charge < -0.3 is 19.3 Å². The average molecular weight is 302 g/mol. The van der Waals surface area contributed by atoms with Crippen molar-refractivity contribution in [3.05, 3.63) is 23.8 Å². The molecule has 1 amide bonds. The number of rotatable bonds is 3. The van der Waals surface area contributed by atoms with Crippen molar-refractivity contribution in [3.8, 4) is 0 Å². The molecule has 1 saturated heterocycles. The summed E-state index contributed by atoms with van der Waals surface area (Å²) in [6, 6.07) is 6.11. The summed E-state index contributed by atoms with van der Waals surface area (Å²) in [5, 5.41) is 0. The smallest absolute Gasteiger partial charge is 0.292 e. The molecule has 1 aromatic rings. The molecule has 4 rings (SSSR count). The van der Waals surface area contributed by atoms with E-state index in [1.54, 1.807) is 0 Å². The summed E-state index contributed by atoms with van der Waals surface area (Å²) < 4.78 is 11.8. The highest BCUT2D eigenvalue weighted by Gasteiger charge is 2.55. The molecular weight excluding hydrogens is 280 g/mol. The van der Waals surface area contributed by atoms with Gasteiger partial charge in [-0.1, -0.05) is 0 Å². The number of anilines is 2. The first kappa shape index (κ1) is 14.0. The summed E-state index contributed by atoms with van der Waals surface area (Å²) in [6.45, 7) is 1.91. The van der Waals surface area contributed by atoms with Crippen molar-refractivity contribution < 1.29 is 14.3 Å². The molecule has 22 heavy (non-hydrogen) atoms. The molecule has 2 aliphatic heterocycles. The molecule has 0 N–H and O–H groups in total. The number of hydrogen-bond donors (Lipinski definition) is 0. The van der Waals surface area contributed by atoms with Crippen LogP contribution in [-0.4, -0.2) is 39.8 Å². The van der Waals surface area contributed by atoms with Gasteiger partial charge in [0.15, 0.2) is 0 Å². The number of carbonyl (C=O) groups is 1. The normalized spacial score (nSPS) is 23.0. The zero-order valence-electron chi connectivity index (χ0n) is 13.2. The maximum atomic E-state index is 13.0. The molecule has 0 aromatic heterocycles. The van der Waals surface area contributed by atoms with Crippen molar-refractivity contribution >= 4 is 17.3 Å². The number of nitrogens with zero attached hydrogens (tertiary/aromatic N) is 2. The molecule has 1 saturated carbocycles. The van der Waals surface area contributed by atoms with Crippen LogP contribution in [0.2, 0.25) is 0 Å². The first-order chi connectivity index (χ1) is 10.6. The molecule has 1 aliphatic carbocycles. The fraction of sp³-hybridized carbons (Fsp3) is 0.588. The molecule has 0 bridgehead atoms. The number of amides is 1. The molecule has 5 heteroatoms. The van der Waals surface area contributed by atoms with Crippen LogP contribution >= 0.6 is 0 Å². The van der Waals surface area contributed by atoms with Crippen LogP contribution in [0, 0.1) is 5.92 Å². The predicted molar refractivity (Wildman–Crippen MR) is 84.0 cm³/mol. The van der Waals surface area contributed by atoms with Gasteiger partial charge >= 0.3 is 0 Å². The lowest BCUT2D eigenvalue weighted by Gasteiger charge is -2.32. The summed E-state index contributed by atoms with van der Waals surface area (Å²) in [7, 11) is 3.99. The van der Waals surface area contributed by atoms with E-state index in [1.165, 1.54) is 12.8 Å². The second kappa shape index (κ2) is 4.96. The number of ether oxygens (including phenoxy) is 2. The van der Waals surface area contributed by atoms with E-state index < -0.39 is 5.79 Å². The lowest BCUT2D eigenvalue weighted by Crippen LogP contribution is -2.47. The second-order valence-corrected chi connectivity index (χ2v) is 6.62. The Morgan fingerprint density at radius 1 is 1.27 bits per heavy atom. The van der Waals surface area contributed by atoms with E-state index in [9.17, 15) is 4.79 Å². The molecular formula is C17H22N2O3. The highest BCUT2D eigenvalue weighted by molar-refractivity contribution is 6.06. The molecule has 2 fully saturated rings. The molecule has 0 unspecified atom stereocenters. The fourth-order valence-electron chi connectivity index (χ4n) is 3.25. The van der Waals surface area contributed by atoms with E-state index in [2.05, 4.69) is 0 Å². The van der Waals surface area contributed by atoms with Crippen molar-refractivity contribution in [2.24, 2.45) is 5.92 Å². The Labute approximate surface area is 130 Å². The van der Waals surface area contributed by atoms with E-state index in [-0.39, 0.29) is 5.91 Å². The van der Waals surface area contributed by atoms with Gasteiger partial charge in [0.25, 0.3) is 11.7 Å². The van der Waals surface area contributed by atoms with Crippen LogP contribution in [0.4, 0.5) is 11.4 Å². The lowest BCUT2D eigenvalue weighted by molar-refractivity contribution is -0.256. The molecule has 1 spiro atoms. The molecule has 5 nitrogen and oxygen atoms in total. The van der Waals surface area contributed by atoms with Crippen LogP contribution in [0.3, 0.4) is 0 Å². The van der Waals surface area contributed by atoms with Gasteiger partial charge in [0.1, 0.15) is 0 Å². The summed E-state index contributed by atoms with van der Waals surface area (Å²) >= 11 is 0. The number of hydrogen-bond acceptors (Lipinski definition) is 4. The van der Waals surface area contributed by atoms with Gasteiger partial charge in [-0.05, 0) is 43.4 Å². The summed E-state index contributed by atoms with van der Waals surface area (Å²) in [5.74, 6) is -0.636. The Kier molecular flexibility index (Phi) is 3.16. The van der Waals surface area contributed by atoms with Gasteiger partial charge in [0.05, 0.1) is 18.9 Å². The Bertz CT molecular complexity index is 604. The molecule has 0 radical (unpaired) electrons. The number of carbonyl (C=O) groups excluding carboxylic acids is 1. The van der Waals surface area contributed by atoms with E-state index in [0.29, 0.717) is 19.1 Å². The Morgan fingerprint density at radius 2 is 2.00 bits per heavy atom. The average Bonchev–Trinajstić information content (AvgIpc) is 3.33. The summed E-state index contributed by atoms with van der Waals surface area (Å²) in [5.41, 5.74) is 2.87. The maximum Gasteiger partial charge on any atom is 0.292 e. The fourth-order valence-corrected chi connectivity index (χ4v) is 3.25. The highest BCUT2D eigenvalue weighted by atomic mass is 16.7. The number of fused-ring (bicyclic) bond motifs is 2. The minimum atomic E-state index is -1.21. The Hall–Kier alpha value is -1.59. The first-order valence-electron chi connectivity index (χ1n) is 8.03. The topological polar surface area (TPSA) is 42.0 Å². The molecule has 1 aromatic carbocycles. The first-order valence-corrected chi connectivity index (χ1v) is 8.03. The molecule has 0 atom stereocenters. The van der Waals surface area contributed by atoms with E-state index in [4.69, 9.17) is 9.47 Å². The van der Waals surface area contributed by atoms with Crippen LogP contribution in [0.1, 0.15) is 24.8 Å². The third-order valence-electron chi connectivity index (χ3n) is 4.71. The second-order valence-electron chi connectivity index (χ2n) is 6.62. The van der Waals surface area contributed by atoms with Crippen molar-refractivity contribution in [2.75, 3.05) is 43.7 Å². The largest absolute Gasteiger partial charge is 0.378 e. The van der Waals surface area contributed by atoms with E-state index in [1.807, 2.05) is 42.1 Å². The summed E-state index contributed by atoms with van der Waals surface area (Å²) in [4.78, 5) is 17.0. The third kappa shape index (κ3) is 2.03. The zero-order chi connectivity index (χ0) is 15.3. The number of benzene rings is 1. The highest BCUT2D eigenvalue weighted by Crippen LogP contribution is 2.47. The van der Waals surface area contributed by atoms with Crippen LogP contribution in [0.5, 0.6) is 0 Å². The van der Waals surface area contributed by atoms with Gasteiger partial charge in [-0.25, -0.2) is 0 Å². The Morgan fingerprint density at radius 3 is 2.64 bits per heavy atom. The van der Waals surface area contributed by atoms with Crippen LogP contribution < -0.4 is 9.80 Å². The van der Waals surface area contributed by atoms with Gasteiger partial charge in [0, 0.05) is 31.9 Å². The van der Waals surface area contributed by atoms with Crippen molar-refractivity contribution in [1.29, 1.82) is 0 Å². The van der Waals surface area contributed by atoms with E-state index in [0.717, 1.165) is 29.9 Å². The van der Waals surface area contributed by atoms with Crippen molar-refractivity contribution in [2.45, 2.75) is 25.0 Å². The molecule has 118 valence electrons. The zero-order valence-corrected chi connectivity index (χ0v) is 13.2. The standard InChI is InChI=1S/C17H22N2O3/c1-18(2)13-6-7-15-14(10-13)17(21-8-3-9-22-17)16(20)19(15)11-12-4-5-12/h6-7,10,12H,3-5,8-9,11H2,1-2H3. The summed E-state index contributed by atoms with van der Waals surface area (Å²) in [6.07, 6.45) is 3.26. The monoisotopic (exact) mass is 302 g/mol. The maximum absolute atomic E-state index is 13.0. The van der Waals surface area contributed by atoms with E-state index >= 15 is 0 Å². The van der Waals surface area contributed by atoms with Crippen LogP contribution in [0.25, 0.3) is 0 Å². The van der Waals surface area contributed by atoms with Crippen LogP contribution in [0.15, 0.2) is 18.2 Å². The predicted octanol–water partition coefficient (Wildman–Crippen LogP) is 2.10. The van der Waals surface area contributed by atoms with Crippen molar-refractivity contribution in [3.63, 3.8) is 0 Å². The van der Waals surface area contributed by atoms with Crippen LogP contribution in [-0.2, 0) is 20.1 Å². The van der Waals surface area contributed by atoms with Gasteiger partial charge in [0.2, 0.25) is 0 Å². The van der Waals surface area contributed by atoms with Crippen molar-refractivity contribution in [1.82, 2.24) is 0 Å². The minimum absolute atomic E-state index is 0.0509. The van der Waals surface area contributed by atoms with Gasteiger partial charge in [-0.2, -0.15) is 0 Å². The Balaban J connectivity index is 1.80. The third-order valence-corrected chi connectivity index (χ3v) is 4.71. The van der Waals surface area contributed by atoms with Gasteiger partial charge in [-0.3, -0.25) is 4.79 Å². The minimum Gasteiger partial charge on any atom is -0.378 e. The molecule has 3 aliphatic rings. The van der Waals surface area contributed by atoms with Gasteiger partial charge in [-0.15, -0.1) is 0 Å².